The van der Waals surface area contributed by atoms with Crippen LogP contribution in [-0.2, 0) is 0 Å². The first-order valence-electron chi connectivity index (χ1n) is 6.98. The van der Waals surface area contributed by atoms with Crippen molar-refractivity contribution in [2.45, 2.75) is 25.7 Å². The van der Waals surface area contributed by atoms with Gasteiger partial charge in [0.25, 0.3) is 0 Å². The van der Waals surface area contributed by atoms with Crippen molar-refractivity contribution in [1.29, 1.82) is 0 Å². The maximum atomic E-state index is 11.0. The van der Waals surface area contributed by atoms with E-state index in [4.69, 9.17) is 5.84 Å². The molecule has 0 bridgehead atoms. The molecule has 21 heavy (non-hydrogen) atoms. The molecule has 0 radical (unpaired) electrons. The molecule has 9 nitrogen and oxygen atoms in total. The van der Waals surface area contributed by atoms with Gasteiger partial charge in [-0.3, -0.25) is 15.5 Å². The average Bonchev–Trinajstić information content (AvgIpc) is 2.52. The topological polar surface area (TPSA) is 139 Å². The van der Waals surface area contributed by atoms with E-state index >= 15 is 0 Å². The van der Waals surface area contributed by atoms with Crippen LogP contribution in [-0.4, -0.2) is 33.1 Å². The summed E-state index contributed by atoms with van der Waals surface area (Å²) in [6, 6.07) is 0. The van der Waals surface area contributed by atoms with Gasteiger partial charge in [-0.1, -0.05) is 12.8 Å². The van der Waals surface area contributed by atoms with Gasteiger partial charge in [0.05, 0.1) is 4.92 Å². The minimum Gasteiger partial charge on any atom is -0.396 e. The number of aromatic nitrogens is 2. The largest absolute Gasteiger partial charge is 0.396 e. The molecule has 2 atom stereocenters. The van der Waals surface area contributed by atoms with Gasteiger partial charge in [-0.05, 0) is 24.7 Å². The quantitative estimate of drug-likeness (QED) is 0.344. The molecule has 0 aliphatic heterocycles. The summed E-state index contributed by atoms with van der Waals surface area (Å²) in [6.07, 6.45) is 5.35. The van der Waals surface area contributed by atoms with Gasteiger partial charge in [-0.15, -0.1) is 0 Å². The molecule has 1 aliphatic carbocycles. The number of nitro groups is 1. The van der Waals surface area contributed by atoms with E-state index in [0.29, 0.717) is 6.54 Å². The van der Waals surface area contributed by atoms with Crippen molar-refractivity contribution in [3.05, 3.63) is 16.3 Å². The van der Waals surface area contributed by atoms with Crippen molar-refractivity contribution < 1.29 is 10.0 Å². The lowest BCUT2D eigenvalue weighted by Crippen LogP contribution is -2.29. The van der Waals surface area contributed by atoms with E-state index in [0.717, 1.165) is 31.9 Å². The Hall–Kier alpha value is -2.00. The maximum Gasteiger partial charge on any atom is 0.329 e. The summed E-state index contributed by atoms with van der Waals surface area (Å²) in [7, 11) is 0. The van der Waals surface area contributed by atoms with Crippen LogP contribution in [0.4, 0.5) is 17.5 Å². The van der Waals surface area contributed by atoms with Gasteiger partial charge in [0.2, 0.25) is 11.8 Å². The molecule has 0 amide bonds. The normalized spacial score (nSPS) is 21.8. The van der Waals surface area contributed by atoms with Crippen LogP contribution in [0.5, 0.6) is 0 Å². The summed E-state index contributed by atoms with van der Waals surface area (Å²) in [6.45, 7) is 0.681. The number of hydrogen-bond acceptors (Lipinski definition) is 8. The Morgan fingerprint density at radius 1 is 1.43 bits per heavy atom. The molecular formula is C12H20N6O3. The van der Waals surface area contributed by atoms with Gasteiger partial charge < -0.3 is 10.4 Å². The zero-order valence-corrected chi connectivity index (χ0v) is 11.7. The summed E-state index contributed by atoms with van der Waals surface area (Å²) in [5.74, 6) is 6.00. The monoisotopic (exact) mass is 296 g/mol. The van der Waals surface area contributed by atoms with Crippen LogP contribution < -0.4 is 16.6 Å². The minimum absolute atomic E-state index is 0.116. The molecule has 1 aromatic heterocycles. The van der Waals surface area contributed by atoms with E-state index in [2.05, 4.69) is 20.7 Å². The standard InChI is InChI=1S/C12H20N6O3/c13-17-12-15-6-10(18(20)21)11(16-12)14-5-8-3-1-2-4-9(8)7-19/h6,8-9,19H,1-5,7,13H2,(H2,14,15,16,17). The number of aliphatic hydroxyl groups is 1. The summed E-state index contributed by atoms with van der Waals surface area (Å²) >= 11 is 0. The van der Waals surface area contributed by atoms with E-state index in [1.54, 1.807) is 0 Å². The third-order valence-corrected chi connectivity index (χ3v) is 3.93. The van der Waals surface area contributed by atoms with Crippen molar-refractivity contribution in [3.8, 4) is 0 Å². The molecule has 1 aromatic rings. The zero-order valence-electron chi connectivity index (χ0n) is 11.7. The second-order valence-electron chi connectivity index (χ2n) is 5.20. The van der Waals surface area contributed by atoms with E-state index in [1.165, 1.54) is 0 Å². The van der Waals surface area contributed by atoms with Crippen LogP contribution in [0.25, 0.3) is 0 Å². The van der Waals surface area contributed by atoms with Crippen molar-refractivity contribution in [2.24, 2.45) is 17.7 Å². The fraction of sp³-hybridized carbons (Fsp3) is 0.667. The lowest BCUT2D eigenvalue weighted by atomic mass is 9.79. The summed E-state index contributed by atoms with van der Waals surface area (Å²) in [4.78, 5) is 18.2. The lowest BCUT2D eigenvalue weighted by Gasteiger charge is -2.30. The molecule has 1 saturated carbocycles. The Labute approximate surface area is 122 Å². The summed E-state index contributed by atoms with van der Waals surface area (Å²) in [5.41, 5.74) is 2.08. The van der Waals surface area contributed by atoms with Gasteiger partial charge >= 0.3 is 5.69 Å². The number of rotatable bonds is 6. The van der Waals surface area contributed by atoms with E-state index in [1.807, 2.05) is 0 Å². The summed E-state index contributed by atoms with van der Waals surface area (Å²) in [5, 5.41) is 23.4. The number of nitrogens with one attached hydrogen (secondary N) is 2. The highest BCUT2D eigenvalue weighted by atomic mass is 16.6. The molecule has 1 heterocycles. The number of hydrazine groups is 1. The second kappa shape index (κ2) is 7.14. The van der Waals surface area contributed by atoms with Gasteiger partial charge in [0, 0.05) is 13.2 Å². The molecule has 0 saturated heterocycles. The first-order chi connectivity index (χ1) is 10.2. The molecule has 116 valence electrons. The summed E-state index contributed by atoms with van der Waals surface area (Å²) < 4.78 is 0. The predicted octanol–water partition coefficient (Wildman–Crippen LogP) is 0.881. The Morgan fingerprint density at radius 3 is 2.76 bits per heavy atom. The molecular weight excluding hydrogens is 276 g/mol. The van der Waals surface area contributed by atoms with Crippen LogP contribution in [0.2, 0.25) is 0 Å². The van der Waals surface area contributed by atoms with Gasteiger partial charge in [0.1, 0.15) is 6.20 Å². The van der Waals surface area contributed by atoms with E-state index in [-0.39, 0.29) is 35.9 Å². The number of anilines is 2. The van der Waals surface area contributed by atoms with Crippen LogP contribution in [0.3, 0.4) is 0 Å². The molecule has 5 N–H and O–H groups in total. The number of aliphatic hydroxyl groups excluding tert-OH is 1. The Morgan fingerprint density at radius 2 is 2.14 bits per heavy atom. The highest BCUT2D eigenvalue weighted by molar-refractivity contribution is 5.56. The SMILES string of the molecule is NNc1ncc([N+](=O)[O-])c(NCC2CCCCC2CO)n1. The van der Waals surface area contributed by atoms with Crippen molar-refractivity contribution in [1.82, 2.24) is 9.97 Å². The van der Waals surface area contributed by atoms with E-state index in [9.17, 15) is 15.2 Å². The lowest BCUT2D eigenvalue weighted by molar-refractivity contribution is -0.384. The number of nitrogens with zero attached hydrogens (tertiary/aromatic N) is 3. The predicted molar refractivity (Wildman–Crippen MR) is 77.5 cm³/mol. The van der Waals surface area contributed by atoms with Crippen molar-refractivity contribution in [2.75, 3.05) is 23.9 Å². The Balaban J connectivity index is 2.09. The molecule has 2 unspecified atom stereocenters. The molecule has 1 fully saturated rings. The molecule has 9 heteroatoms. The fourth-order valence-electron chi connectivity index (χ4n) is 2.73. The number of nitrogens with two attached hydrogens (primary N) is 1. The Bertz CT molecular complexity index is 498. The molecule has 2 rings (SSSR count). The smallest absolute Gasteiger partial charge is 0.329 e. The second-order valence-corrected chi connectivity index (χ2v) is 5.20. The molecule has 1 aliphatic rings. The van der Waals surface area contributed by atoms with Crippen LogP contribution in [0, 0.1) is 22.0 Å². The zero-order chi connectivity index (χ0) is 15.2. The fourth-order valence-corrected chi connectivity index (χ4v) is 2.73. The number of nitrogen functional groups attached to an aromatic ring is 1. The first kappa shape index (κ1) is 15.4. The minimum atomic E-state index is -0.535. The Kier molecular flexibility index (Phi) is 5.23. The average molecular weight is 296 g/mol. The maximum absolute atomic E-state index is 11.0. The van der Waals surface area contributed by atoms with Gasteiger partial charge in [-0.25, -0.2) is 10.8 Å². The third kappa shape index (κ3) is 3.76. The highest BCUT2D eigenvalue weighted by Gasteiger charge is 2.25. The third-order valence-electron chi connectivity index (χ3n) is 3.93. The van der Waals surface area contributed by atoms with Crippen molar-refractivity contribution >= 4 is 17.5 Å². The van der Waals surface area contributed by atoms with Gasteiger partial charge in [0.15, 0.2) is 0 Å². The van der Waals surface area contributed by atoms with Crippen molar-refractivity contribution in [3.63, 3.8) is 0 Å². The van der Waals surface area contributed by atoms with E-state index < -0.39 is 4.92 Å². The van der Waals surface area contributed by atoms with Crippen LogP contribution in [0.15, 0.2) is 6.20 Å². The first-order valence-corrected chi connectivity index (χ1v) is 6.98. The highest BCUT2D eigenvalue weighted by Crippen LogP contribution is 2.30. The number of hydrogen-bond donors (Lipinski definition) is 4. The van der Waals surface area contributed by atoms with Crippen LogP contribution >= 0.6 is 0 Å². The molecule has 0 spiro atoms. The van der Waals surface area contributed by atoms with Gasteiger partial charge in [-0.2, -0.15) is 4.98 Å². The molecule has 0 aromatic carbocycles. The van der Waals surface area contributed by atoms with Crippen LogP contribution in [0.1, 0.15) is 25.7 Å².